The van der Waals surface area contributed by atoms with E-state index in [2.05, 4.69) is 10.2 Å². The van der Waals surface area contributed by atoms with Crippen molar-refractivity contribution in [1.82, 2.24) is 15.1 Å². The fourth-order valence-corrected chi connectivity index (χ4v) is 3.69. The molecule has 0 radical (unpaired) electrons. The molecule has 3 heterocycles. The number of thiophene rings is 1. The minimum Gasteiger partial charge on any atom is -0.377 e. The van der Waals surface area contributed by atoms with Crippen LogP contribution >= 0.6 is 11.3 Å². The highest BCUT2D eigenvalue weighted by molar-refractivity contribution is 7.10. The van der Waals surface area contributed by atoms with E-state index in [1.54, 1.807) is 4.90 Å². The molecule has 0 saturated carbocycles. The first-order valence-corrected chi connectivity index (χ1v) is 8.14. The van der Waals surface area contributed by atoms with E-state index in [4.69, 9.17) is 4.74 Å². The van der Waals surface area contributed by atoms with Crippen LogP contribution in [0.25, 0.3) is 0 Å². The highest BCUT2D eigenvalue weighted by Crippen LogP contribution is 2.33. The number of hydrogen-bond donors (Lipinski definition) is 1. The first kappa shape index (κ1) is 16.1. The van der Waals surface area contributed by atoms with Crippen molar-refractivity contribution in [1.29, 1.82) is 0 Å². The molecule has 5 nitrogen and oxygen atoms in total. The third-order valence-corrected chi connectivity index (χ3v) is 4.96. The third-order valence-electron chi connectivity index (χ3n) is 4.03. The van der Waals surface area contributed by atoms with Gasteiger partial charge in [-0.3, -0.25) is 9.89 Å². The Kier molecular flexibility index (Phi) is 4.45. The molecule has 1 amide bonds. The predicted octanol–water partition coefficient (Wildman–Crippen LogP) is 3.24. The standard InChI is InChI=1S/C15H17F2N3O2S/c1-8-12(9(2)19-18-8)11-7-22-5-4-20(11)15(21)10-3-6-23-13(10)14(16)17/h3,6,11,14H,4-5,7H2,1-2H3,(H,18,19). The lowest BCUT2D eigenvalue weighted by molar-refractivity contribution is -0.00325. The quantitative estimate of drug-likeness (QED) is 0.932. The Bertz CT molecular complexity index is 694. The number of alkyl halides is 2. The van der Waals surface area contributed by atoms with E-state index in [0.717, 1.165) is 28.3 Å². The van der Waals surface area contributed by atoms with Gasteiger partial charge in [0.1, 0.15) is 0 Å². The van der Waals surface area contributed by atoms with Gasteiger partial charge in [-0.1, -0.05) is 0 Å². The zero-order chi connectivity index (χ0) is 16.6. The second-order valence-corrected chi connectivity index (χ2v) is 6.38. The first-order valence-electron chi connectivity index (χ1n) is 7.26. The molecule has 0 aliphatic carbocycles. The van der Waals surface area contributed by atoms with Gasteiger partial charge in [0.2, 0.25) is 0 Å². The first-order chi connectivity index (χ1) is 11.0. The Morgan fingerprint density at radius 1 is 1.52 bits per heavy atom. The summed E-state index contributed by atoms with van der Waals surface area (Å²) in [6, 6.07) is 1.15. The molecule has 2 aromatic heterocycles. The lowest BCUT2D eigenvalue weighted by atomic mass is 10.0. The summed E-state index contributed by atoms with van der Waals surface area (Å²) in [5.41, 5.74) is 2.62. The molecule has 23 heavy (non-hydrogen) atoms. The summed E-state index contributed by atoms with van der Waals surface area (Å²) in [7, 11) is 0. The minimum absolute atomic E-state index is 0.0794. The Balaban J connectivity index is 1.96. The van der Waals surface area contributed by atoms with E-state index in [-0.39, 0.29) is 22.4 Å². The van der Waals surface area contributed by atoms with Gasteiger partial charge in [-0.05, 0) is 25.3 Å². The summed E-state index contributed by atoms with van der Waals surface area (Å²) in [6.07, 6.45) is -2.65. The molecule has 0 aromatic carbocycles. The average molecular weight is 341 g/mol. The van der Waals surface area contributed by atoms with E-state index in [0.29, 0.717) is 19.8 Å². The average Bonchev–Trinajstić information content (AvgIpc) is 3.14. The molecule has 1 aliphatic heterocycles. The molecule has 2 aromatic rings. The van der Waals surface area contributed by atoms with Gasteiger partial charge in [0.05, 0.1) is 35.4 Å². The fraction of sp³-hybridized carbons (Fsp3) is 0.467. The number of amides is 1. The number of nitrogens with zero attached hydrogens (tertiary/aromatic N) is 2. The van der Waals surface area contributed by atoms with Gasteiger partial charge in [0.25, 0.3) is 12.3 Å². The van der Waals surface area contributed by atoms with Crippen LogP contribution in [0.3, 0.4) is 0 Å². The minimum atomic E-state index is -2.65. The van der Waals surface area contributed by atoms with E-state index in [9.17, 15) is 13.6 Å². The number of nitrogens with one attached hydrogen (secondary N) is 1. The number of aromatic amines is 1. The van der Waals surface area contributed by atoms with Crippen LogP contribution in [0.2, 0.25) is 0 Å². The largest absolute Gasteiger partial charge is 0.377 e. The van der Waals surface area contributed by atoms with Crippen LogP contribution in [-0.4, -0.2) is 40.8 Å². The molecule has 3 rings (SSSR count). The molecule has 0 spiro atoms. The maximum absolute atomic E-state index is 13.1. The molecule has 8 heteroatoms. The molecular formula is C15H17F2N3O2S. The van der Waals surface area contributed by atoms with Gasteiger partial charge >= 0.3 is 0 Å². The number of rotatable bonds is 3. The molecule has 1 aliphatic rings. The summed E-state index contributed by atoms with van der Waals surface area (Å²) in [6.45, 7) is 4.83. The van der Waals surface area contributed by atoms with Crippen molar-refractivity contribution < 1.29 is 18.3 Å². The predicted molar refractivity (Wildman–Crippen MR) is 81.9 cm³/mol. The molecule has 124 valence electrons. The van der Waals surface area contributed by atoms with Crippen LogP contribution in [-0.2, 0) is 4.74 Å². The van der Waals surface area contributed by atoms with Crippen LogP contribution in [0.15, 0.2) is 11.4 Å². The topological polar surface area (TPSA) is 58.2 Å². The number of hydrogen-bond acceptors (Lipinski definition) is 4. The lowest BCUT2D eigenvalue weighted by Gasteiger charge is -2.36. The van der Waals surface area contributed by atoms with Gasteiger partial charge in [0, 0.05) is 17.8 Å². The second-order valence-electron chi connectivity index (χ2n) is 5.44. The summed E-state index contributed by atoms with van der Waals surface area (Å²) in [5, 5.41) is 8.58. The van der Waals surface area contributed by atoms with Crippen molar-refractivity contribution in [2.45, 2.75) is 26.3 Å². The van der Waals surface area contributed by atoms with Gasteiger partial charge < -0.3 is 9.64 Å². The molecule has 1 N–H and O–H groups in total. The summed E-state index contributed by atoms with van der Waals surface area (Å²) < 4.78 is 31.7. The SMILES string of the molecule is Cc1n[nH]c(C)c1C1COCCN1C(=O)c1ccsc1C(F)F. The maximum atomic E-state index is 13.1. The zero-order valence-electron chi connectivity index (χ0n) is 12.8. The fourth-order valence-electron chi connectivity index (χ4n) is 2.96. The number of halogens is 2. The monoisotopic (exact) mass is 341 g/mol. The van der Waals surface area contributed by atoms with Gasteiger partial charge in [-0.25, -0.2) is 8.78 Å². The normalized spacial score (nSPS) is 18.7. The van der Waals surface area contributed by atoms with E-state index >= 15 is 0 Å². The van der Waals surface area contributed by atoms with Gasteiger partial charge in [-0.2, -0.15) is 5.10 Å². The molecule has 1 atom stereocenters. The number of carbonyl (C=O) groups excluding carboxylic acids is 1. The summed E-state index contributed by atoms with van der Waals surface area (Å²) in [4.78, 5) is 14.3. The summed E-state index contributed by atoms with van der Waals surface area (Å²) in [5.74, 6) is -0.380. The molecular weight excluding hydrogens is 324 g/mol. The van der Waals surface area contributed by atoms with Crippen LogP contribution < -0.4 is 0 Å². The number of aromatic nitrogens is 2. The van der Waals surface area contributed by atoms with Crippen molar-refractivity contribution in [3.05, 3.63) is 38.8 Å². The van der Waals surface area contributed by atoms with Crippen LogP contribution in [0.1, 0.15) is 44.7 Å². The van der Waals surface area contributed by atoms with E-state index < -0.39 is 6.43 Å². The molecule has 1 saturated heterocycles. The lowest BCUT2D eigenvalue weighted by Crippen LogP contribution is -2.44. The Morgan fingerprint density at radius 3 is 2.96 bits per heavy atom. The smallest absolute Gasteiger partial charge is 0.273 e. The zero-order valence-corrected chi connectivity index (χ0v) is 13.6. The van der Waals surface area contributed by atoms with Crippen LogP contribution in [0.5, 0.6) is 0 Å². The Hall–Kier alpha value is -1.80. The molecule has 1 unspecified atom stereocenters. The van der Waals surface area contributed by atoms with Crippen molar-refractivity contribution in [3.8, 4) is 0 Å². The Labute approximate surface area is 136 Å². The van der Waals surface area contributed by atoms with E-state index in [1.165, 1.54) is 11.4 Å². The number of ether oxygens (including phenoxy) is 1. The van der Waals surface area contributed by atoms with Crippen molar-refractivity contribution in [2.24, 2.45) is 0 Å². The van der Waals surface area contributed by atoms with Crippen molar-refractivity contribution in [3.63, 3.8) is 0 Å². The highest BCUT2D eigenvalue weighted by atomic mass is 32.1. The number of carbonyl (C=O) groups is 1. The van der Waals surface area contributed by atoms with Crippen LogP contribution in [0, 0.1) is 13.8 Å². The van der Waals surface area contributed by atoms with E-state index in [1.807, 2.05) is 13.8 Å². The molecule has 0 bridgehead atoms. The Morgan fingerprint density at radius 2 is 2.30 bits per heavy atom. The number of aryl methyl sites for hydroxylation is 2. The number of morpholine rings is 1. The second kappa shape index (κ2) is 6.37. The van der Waals surface area contributed by atoms with Gasteiger partial charge in [-0.15, -0.1) is 11.3 Å². The summed E-state index contributed by atoms with van der Waals surface area (Å²) >= 11 is 0.908. The number of H-pyrrole nitrogens is 1. The highest BCUT2D eigenvalue weighted by Gasteiger charge is 2.34. The van der Waals surface area contributed by atoms with Crippen LogP contribution in [0.4, 0.5) is 8.78 Å². The van der Waals surface area contributed by atoms with Gasteiger partial charge in [0.15, 0.2) is 0 Å². The third kappa shape index (κ3) is 2.88. The van der Waals surface area contributed by atoms with Crippen molar-refractivity contribution in [2.75, 3.05) is 19.8 Å². The maximum Gasteiger partial charge on any atom is 0.273 e. The van der Waals surface area contributed by atoms with Crippen molar-refractivity contribution >= 4 is 17.2 Å². The molecule has 1 fully saturated rings.